The van der Waals surface area contributed by atoms with Crippen molar-refractivity contribution in [2.75, 3.05) is 13.7 Å². The van der Waals surface area contributed by atoms with Gasteiger partial charge >= 0.3 is 5.97 Å². The van der Waals surface area contributed by atoms with E-state index >= 15 is 0 Å². The Morgan fingerprint density at radius 1 is 1.10 bits per heavy atom. The number of unbranched alkanes of at least 4 members (excludes halogenated alkanes) is 1. The largest absolute Gasteiger partial charge is 0.496 e. The Kier molecular flexibility index (Phi) is 7.38. The van der Waals surface area contributed by atoms with Gasteiger partial charge in [-0.1, -0.05) is 38.5 Å². The van der Waals surface area contributed by atoms with Crippen LogP contribution in [0.2, 0.25) is 0 Å². The number of rotatable bonds is 9. The highest BCUT2D eigenvalue weighted by atomic mass is 16.5. The second-order valence-electron chi connectivity index (χ2n) is 7.89. The topological polar surface area (TPSA) is 48.0 Å². The Labute approximate surface area is 179 Å². The van der Waals surface area contributed by atoms with Crippen LogP contribution < -0.4 is 14.2 Å². The van der Waals surface area contributed by atoms with Gasteiger partial charge in [-0.2, -0.15) is 0 Å². The molecule has 0 aromatic heterocycles. The van der Waals surface area contributed by atoms with E-state index < -0.39 is 5.97 Å². The second kappa shape index (κ2) is 9.98. The quantitative estimate of drug-likeness (QED) is 0.309. The molecule has 1 aliphatic heterocycles. The van der Waals surface area contributed by atoms with Gasteiger partial charge in [0.05, 0.1) is 13.7 Å². The average Bonchev–Trinajstić information content (AvgIpc) is 3.19. The number of methoxy groups -OCH3 is 1. The van der Waals surface area contributed by atoms with Crippen molar-refractivity contribution in [3.63, 3.8) is 0 Å². The van der Waals surface area contributed by atoms with Crippen molar-refractivity contribution in [2.45, 2.75) is 66.1 Å². The highest BCUT2D eigenvalue weighted by Gasteiger charge is 2.34. The molecular weight excluding hydrogens is 378 g/mol. The summed E-state index contributed by atoms with van der Waals surface area (Å²) < 4.78 is 17.7. The minimum absolute atomic E-state index is 0.409. The van der Waals surface area contributed by atoms with E-state index in [2.05, 4.69) is 25.7 Å². The highest BCUT2D eigenvalue weighted by molar-refractivity contribution is 5.97. The minimum atomic E-state index is -0.409. The summed E-state index contributed by atoms with van der Waals surface area (Å²) in [6.45, 7) is 10.6. The Morgan fingerprint density at radius 2 is 1.77 bits per heavy atom. The SMILES string of the molecule is CCCCOc1c2c(c(OC)c(C)c1C(=O)Oc1ccccc1)CN([C@@H](C)CC)C2. The van der Waals surface area contributed by atoms with Gasteiger partial charge in [-0.15, -0.1) is 0 Å². The number of carbonyl (C=O) groups is 1. The van der Waals surface area contributed by atoms with Gasteiger partial charge in [0.25, 0.3) is 0 Å². The molecule has 2 aromatic rings. The fraction of sp³-hybridized carbons (Fsp3) is 0.480. The van der Waals surface area contributed by atoms with E-state index in [1.165, 1.54) is 0 Å². The fourth-order valence-corrected chi connectivity index (χ4v) is 3.95. The van der Waals surface area contributed by atoms with Gasteiger partial charge in [0.15, 0.2) is 0 Å². The summed E-state index contributed by atoms with van der Waals surface area (Å²) in [4.78, 5) is 15.7. The number of fused-ring (bicyclic) bond motifs is 1. The van der Waals surface area contributed by atoms with Crippen LogP contribution >= 0.6 is 0 Å². The maximum absolute atomic E-state index is 13.3. The fourth-order valence-electron chi connectivity index (χ4n) is 3.95. The molecule has 1 atom stereocenters. The van der Waals surface area contributed by atoms with Crippen molar-refractivity contribution in [1.82, 2.24) is 4.90 Å². The molecule has 0 aliphatic carbocycles. The summed E-state index contributed by atoms with van der Waals surface area (Å²) in [6, 6.07) is 9.58. The summed E-state index contributed by atoms with van der Waals surface area (Å²) in [5, 5.41) is 0. The molecule has 1 heterocycles. The van der Waals surface area contributed by atoms with Gasteiger partial charge < -0.3 is 14.2 Å². The Balaban J connectivity index is 2.07. The lowest BCUT2D eigenvalue weighted by molar-refractivity contribution is 0.0728. The van der Waals surface area contributed by atoms with Crippen LogP contribution in [0.15, 0.2) is 30.3 Å². The molecule has 0 N–H and O–H groups in total. The van der Waals surface area contributed by atoms with Crippen molar-refractivity contribution in [3.8, 4) is 17.2 Å². The van der Waals surface area contributed by atoms with E-state index in [9.17, 15) is 4.79 Å². The van der Waals surface area contributed by atoms with Gasteiger partial charge in [0, 0.05) is 35.8 Å². The molecule has 0 radical (unpaired) electrons. The molecule has 5 heteroatoms. The van der Waals surface area contributed by atoms with Crippen LogP contribution in [0, 0.1) is 6.92 Å². The lowest BCUT2D eigenvalue weighted by Gasteiger charge is -2.22. The van der Waals surface area contributed by atoms with E-state index in [1.807, 2.05) is 25.1 Å². The normalized spacial score (nSPS) is 14.3. The third-order valence-corrected chi connectivity index (χ3v) is 5.90. The van der Waals surface area contributed by atoms with Gasteiger partial charge in [-0.05, 0) is 38.8 Å². The molecule has 30 heavy (non-hydrogen) atoms. The van der Waals surface area contributed by atoms with Crippen LogP contribution in [0.4, 0.5) is 0 Å². The molecule has 0 spiro atoms. The zero-order valence-corrected chi connectivity index (χ0v) is 18.8. The first-order chi connectivity index (χ1) is 14.5. The first-order valence-corrected chi connectivity index (χ1v) is 10.9. The number of para-hydroxylation sites is 1. The molecule has 0 unspecified atom stereocenters. The molecule has 3 rings (SSSR count). The molecule has 162 valence electrons. The molecule has 1 aliphatic rings. The van der Waals surface area contributed by atoms with E-state index in [4.69, 9.17) is 14.2 Å². The highest BCUT2D eigenvalue weighted by Crippen LogP contribution is 2.44. The standard InChI is InChI=1S/C25H33NO4/c1-6-8-14-29-24-21-16-26(17(3)7-2)15-20(21)23(28-5)18(4)22(24)25(27)30-19-12-10-9-11-13-19/h9-13,17H,6-8,14-16H2,1-5H3/t17-/m0/s1. The number of hydrogen-bond donors (Lipinski definition) is 0. The minimum Gasteiger partial charge on any atom is -0.496 e. The van der Waals surface area contributed by atoms with E-state index in [0.717, 1.165) is 54.8 Å². The van der Waals surface area contributed by atoms with Crippen molar-refractivity contribution < 1.29 is 19.0 Å². The third kappa shape index (κ3) is 4.46. The Bertz CT molecular complexity index is 879. The summed E-state index contributed by atoms with van der Waals surface area (Å²) in [6.07, 6.45) is 3.02. The molecule has 0 bridgehead atoms. The molecule has 2 aromatic carbocycles. The van der Waals surface area contributed by atoms with Crippen LogP contribution in [0.25, 0.3) is 0 Å². The van der Waals surface area contributed by atoms with Crippen LogP contribution in [0.1, 0.15) is 67.1 Å². The maximum atomic E-state index is 13.3. The first kappa shape index (κ1) is 22.2. The number of carbonyl (C=O) groups excluding carboxylic acids is 1. The Hall–Kier alpha value is -2.53. The van der Waals surface area contributed by atoms with E-state index in [0.29, 0.717) is 29.7 Å². The molecule has 5 nitrogen and oxygen atoms in total. The smallest absolute Gasteiger partial charge is 0.347 e. The average molecular weight is 412 g/mol. The van der Waals surface area contributed by atoms with Crippen molar-refractivity contribution in [3.05, 3.63) is 52.6 Å². The Morgan fingerprint density at radius 3 is 2.37 bits per heavy atom. The number of ether oxygens (including phenoxy) is 3. The van der Waals surface area contributed by atoms with Crippen LogP contribution in [0.5, 0.6) is 17.2 Å². The molecule has 0 saturated carbocycles. The van der Waals surface area contributed by atoms with Crippen LogP contribution in [-0.2, 0) is 13.1 Å². The maximum Gasteiger partial charge on any atom is 0.347 e. The van der Waals surface area contributed by atoms with Gasteiger partial charge in [0.2, 0.25) is 0 Å². The van der Waals surface area contributed by atoms with Crippen molar-refractivity contribution >= 4 is 5.97 Å². The van der Waals surface area contributed by atoms with Crippen molar-refractivity contribution in [1.29, 1.82) is 0 Å². The molecular formula is C25H33NO4. The zero-order chi connectivity index (χ0) is 21.7. The van der Waals surface area contributed by atoms with Crippen LogP contribution in [0.3, 0.4) is 0 Å². The van der Waals surface area contributed by atoms with Crippen LogP contribution in [-0.4, -0.2) is 30.6 Å². The summed E-state index contributed by atoms with van der Waals surface area (Å²) >= 11 is 0. The molecule has 0 amide bonds. The summed E-state index contributed by atoms with van der Waals surface area (Å²) in [7, 11) is 1.67. The second-order valence-corrected chi connectivity index (χ2v) is 7.89. The van der Waals surface area contributed by atoms with E-state index in [-0.39, 0.29) is 0 Å². The lowest BCUT2D eigenvalue weighted by Crippen LogP contribution is -2.27. The first-order valence-electron chi connectivity index (χ1n) is 10.9. The zero-order valence-electron chi connectivity index (χ0n) is 18.8. The predicted octanol–water partition coefficient (Wildman–Crippen LogP) is 5.52. The number of nitrogens with zero attached hydrogens (tertiary/aromatic N) is 1. The molecule has 0 fully saturated rings. The van der Waals surface area contributed by atoms with Gasteiger partial charge in [-0.3, -0.25) is 4.90 Å². The predicted molar refractivity (Wildman–Crippen MR) is 119 cm³/mol. The van der Waals surface area contributed by atoms with Gasteiger partial charge in [-0.25, -0.2) is 4.79 Å². The third-order valence-electron chi connectivity index (χ3n) is 5.90. The molecule has 0 saturated heterocycles. The summed E-state index contributed by atoms with van der Waals surface area (Å²) in [5.74, 6) is 1.53. The number of hydrogen-bond acceptors (Lipinski definition) is 5. The number of benzene rings is 2. The lowest BCUT2D eigenvalue weighted by atomic mass is 9.97. The van der Waals surface area contributed by atoms with Gasteiger partial charge in [0.1, 0.15) is 22.8 Å². The monoisotopic (exact) mass is 411 g/mol. The van der Waals surface area contributed by atoms with E-state index in [1.54, 1.807) is 19.2 Å². The number of esters is 1. The van der Waals surface area contributed by atoms with Crippen molar-refractivity contribution in [2.24, 2.45) is 0 Å². The summed E-state index contributed by atoms with van der Waals surface area (Å²) in [5.41, 5.74) is 3.41.